The zero-order valence-electron chi connectivity index (χ0n) is 17.8. The molecule has 3 aromatic carbocycles. The highest BCUT2D eigenvalue weighted by atomic mass is 35.5. The summed E-state index contributed by atoms with van der Waals surface area (Å²) in [5.41, 5.74) is 2.46. The molecule has 33 heavy (non-hydrogen) atoms. The number of halogens is 2. The lowest BCUT2D eigenvalue weighted by Gasteiger charge is -2.13. The average molecular weight is 490 g/mol. The van der Waals surface area contributed by atoms with Crippen LogP contribution in [0.25, 0.3) is 0 Å². The fraction of sp³-hybridized carbons (Fsp3) is 0.130. The van der Waals surface area contributed by atoms with Crippen LogP contribution < -0.4 is 15.4 Å². The molecule has 0 bridgehead atoms. The molecular weight excluding hydrogens is 469 g/mol. The van der Waals surface area contributed by atoms with Crippen molar-refractivity contribution in [2.24, 2.45) is 0 Å². The summed E-state index contributed by atoms with van der Waals surface area (Å²) in [5.74, 6) is -1.67. The number of carbonyl (C=O) groups excluding carboxylic acids is 2. The molecule has 7 nitrogen and oxygen atoms in total. The molecule has 0 aromatic heterocycles. The van der Waals surface area contributed by atoms with Crippen LogP contribution in [0.2, 0.25) is 5.02 Å². The molecule has 0 aliphatic heterocycles. The molecule has 0 radical (unpaired) electrons. The quantitative estimate of drug-likeness (QED) is 0.461. The van der Waals surface area contributed by atoms with Gasteiger partial charge in [0.1, 0.15) is 5.82 Å². The van der Waals surface area contributed by atoms with Gasteiger partial charge in [-0.1, -0.05) is 29.8 Å². The van der Waals surface area contributed by atoms with Crippen molar-refractivity contribution in [2.45, 2.75) is 18.7 Å². The normalized spacial score (nSPS) is 11.0. The van der Waals surface area contributed by atoms with Crippen molar-refractivity contribution in [1.29, 1.82) is 0 Å². The molecule has 0 unspecified atom stereocenters. The predicted molar refractivity (Wildman–Crippen MR) is 126 cm³/mol. The Balaban J connectivity index is 1.71. The van der Waals surface area contributed by atoms with Crippen molar-refractivity contribution in [1.82, 2.24) is 5.32 Å². The summed E-state index contributed by atoms with van der Waals surface area (Å²) >= 11 is 6.09. The predicted octanol–water partition coefficient (Wildman–Crippen LogP) is 4.27. The van der Waals surface area contributed by atoms with Gasteiger partial charge in [0, 0.05) is 11.4 Å². The molecule has 172 valence electrons. The Morgan fingerprint density at radius 3 is 2.24 bits per heavy atom. The summed E-state index contributed by atoms with van der Waals surface area (Å²) in [5, 5.41) is 5.21. The minimum absolute atomic E-state index is 0.0170. The number of hydrogen-bond acceptors (Lipinski definition) is 4. The van der Waals surface area contributed by atoms with Crippen molar-refractivity contribution in [2.75, 3.05) is 16.6 Å². The molecule has 0 aliphatic carbocycles. The Kier molecular flexibility index (Phi) is 7.35. The lowest BCUT2D eigenvalue weighted by Crippen LogP contribution is -2.33. The summed E-state index contributed by atoms with van der Waals surface area (Å²) in [4.78, 5) is 24.7. The summed E-state index contributed by atoms with van der Waals surface area (Å²) in [6.45, 7) is 3.37. The van der Waals surface area contributed by atoms with Crippen LogP contribution in [0.3, 0.4) is 0 Å². The smallest absolute Gasteiger partial charge is 0.261 e. The first-order valence-corrected chi connectivity index (χ1v) is 11.6. The van der Waals surface area contributed by atoms with Crippen molar-refractivity contribution in [3.8, 4) is 0 Å². The van der Waals surface area contributed by atoms with Gasteiger partial charge in [-0.3, -0.25) is 14.3 Å². The van der Waals surface area contributed by atoms with Crippen LogP contribution in [0.1, 0.15) is 21.5 Å². The van der Waals surface area contributed by atoms with E-state index in [0.29, 0.717) is 5.69 Å². The Hall–Kier alpha value is -3.43. The first-order chi connectivity index (χ1) is 15.6. The van der Waals surface area contributed by atoms with Gasteiger partial charge in [-0.15, -0.1) is 0 Å². The van der Waals surface area contributed by atoms with Gasteiger partial charge < -0.3 is 10.6 Å². The van der Waals surface area contributed by atoms with Gasteiger partial charge in [0.25, 0.3) is 15.9 Å². The van der Waals surface area contributed by atoms with E-state index in [1.54, 1.807) is 0 Å². The average Bonchev–Trinajstić information content (AvgIpc) is 2.76. The third kappa shape index (κ3) is 6.09. The monoisotopic (exact) mass is 489 g/mol. The molecule has 0 saturated heterocycles. The maximum Gasteiger partial charge on any atom is 0.261 e. The number of anilines is 2. The fourth-order valence-electron chi connectivity index (χ4n) is 3.03. The highest BCUT2D eigenvalue weighted by Gasteiger charge is 2.20. The molecule has 3 rings (SSSR count). The second kappa shape index (κ2) is 10.0. The van der Waals surface area contributed by atoms with E-state index in [2.05, 4.69) is 15.4 Å². The van der Waals surface area contributed by atoms with E-state index in [4.69, 9.17) is 11.6 Å². The van der Waals surface area contributed by atoms with E-state index in [1.165, 1.54) is 24.3 Å². The Morgan fingerprint density at radius 2 is 1.61 bits per heavy atom. The van der Waals surface area contributed by atoms with E-state index in [1.807, 2.05) is 32.0 Å². The first-order valence-electron chi connectivity index (χ1n) is 9.79. The van der Waals surface area contributed by atoms with Crippen LogP contribution in [0.4, 0.5) is 15.8 Å². The third-order valence-electron chi connectivity index (χ3n) is 4.74. The summed E-state index contributed by atoms with van der Waals surface area (Å²) in [6, 6.07) is 14.0. The molecule has 3 N–H and O–H groups in total. The number of aryl methyl sites for hydroxylation is 2. The molecule has 3 aromatic rings. The topological polar surface area (TPSA) is 104 Å². The standard InChI is InChI=1S/C23H21ClFN3O4S/c1-14-4-3-5-15(2)22(14)27-21(29)13-26-23(30)19-12-18(10-11-20(19)24)33(31,32)28-17-8-6-16(25)7-9-17/h3-12,28H,13H2,1-2H3,(H,26,30)(H,27,29). The van der Waals surface area contributed by atoms with Crippen LogP contribution in [-0.2, 0) is 14.8 Å². The maximum atomic E-state index is 13.1. The number of nitrogens with one attached hydrogen (secondary N) is 3. The number of amides is 2. The molecule has 0 atom stereocenters. The molecule has 0 fully saturated rings. The van der Waals surface area contributed by atoms with E-state index in [0.717, 1.165) is 29.3 Å². The van der Waals surface area contributed by atoms with Gasteiger partial charge in [0.15, 0.2) is 0 Å². The largest absolute Gasteiger partial charge is 0.343 e. The molecular formula is C23H21ClFN3O4S. The second-order valence-corrected chi connectivity index (χ2v) is 9.34. The number of para-hydroxylation sites is 1. The van der Waals surface area contributed by atoms with Gasteiger partial charge in [0.05, 0.1) is 22.0 Å². The highest BCUT2D eigenvalue weighted by Crippen LogP contribution is 2.23. The van der Waals surface area contributed by atoms with E-state index in [-0.39, 0.29) is 27.7 Å². The zero-order valence-corrected chi connectivity index (χ0v) is 19.4. The Bertz CT molecular complexity index is 1290. The Morgan fingerprint density at radius 1 is 0.970 bits per heavy atom. The van der Waals surface area contributed by atoms with Gasteiger partial charge in [-0.2, -0.15) is 0 Å². The molecule has 0 heterocycles. The summed E-state index contributed by atoms with van der Waals surface area (Å²) in [7, 11) is -4.07. The molecule has 0 spiro atoms. The number of benzene rings is 3. The van der Waals surface area contributed by atoms with Crippen LogP contribution in [0, 0.1) is 19.7 Å². The number of sulfonamides is 1. The third-order valence-corrected chi connectivity index (χ3v) is 6.45. The first kappa shape index (κ1) is 24.2. The van der Waals surface area contributed by atoms with Gasteiger partial charge in [-0.25, -0.2) is 12.8 Å². The summed E-state index contributed by atoms with van der Waals surface area (Å²) in [6.07, 6.45) is 0. The van der Waals surface area contributed by atoms with Crippen LogP contribution in [0.5, 0.6) is 0 Å². The molecule has 0 aliphatic rings. The van der Waals surface area contributed by atoms with Crippen molar-refractivity contribution in [3.63, 3.8) is 0 Å². The van der Waals surface area contributed by atoms with E-state index in [9.17, 15) is 22.4 Å². The zero-order chi connectivity index (χ0) is 24.2. The van der Waals surface area contributed by atoms with Gasteiger partial charge in [0.2, 0.25) is 5.91 Å². The SMILES string of the molecule is Cc1cccc(C)c1NC(=O)CNC(=O)c1cc(S(=O)(=O)Nc2ccc(F)cc2)ccc1Cl. The van der Waals surface area contributed by atoms with Crippen LogP contribution >= 0.6 is 11.6 Å². The second-order valence-electron chi connectivity index (χ2n) is 7.25. The van der Waals surface area contributed by atoms with Crippen molar-refractivity contribution >= 4 is 44.8 Å². The number of hydrogen-bond donors (Lipinski definition) is 3. The summed E-state index contributed by atoms with van der Waals surface area (Å²) < 4.78 is 40.7. The lowest BCUT2D eigenvalue weighted by molar-refractivity contribution is -0.115. The van der Waals surface area contributed by atoms with Crippen molar-refractivity contribution < 1.29 is 22.4 Å². The van der Waals surface area contributed by atoms with Crippen LogP contribution in [0.15, 0.2) is 65.6 Å². The minimum Gasteiger partial charge on any atom is -0.343 e. The fourth-order valence-corrected chi connectivity index (χ4v) is 4.32. The minimum atomic E-state index is -4.07. The van der Waals surface area contributed by atoms with E-state index < -0.39 is 27.7 Å². The van der Waals surface area contributed by atoms with Crippen LogP contribution in [-0.4, -0.2) is 26.8 Å². The van der Waals surface area contributed by atoms with E-state index >= 15 is 0 Å². The lowest BCUT2D eigenvalue weighted by atomic mass is 10.1. The van der Waals surface area contributed by atoms with Gasteiger partial charge in [-0.05, 0) is 67.4 Å². The highest BCUT2D eigenvalue weighted by molar-refractivity contribution is 7.92. The maximum absolute atomic E-state index is 13.1. The number of rotatable bonds is 7. The van der Waals surface area contributed by atoms with Crippen molar-refractivity contribution in [3.05, 3.63) is 88.2 Å². The molecule has 2 amide bonds. The Labute approximate surface area is 196 Å². The number of carbonyl (C=O) groups is 2. The molecule has 0 saturated carbocycles. The van der Waals surface area contributed by atoms with Gasteiger partial charge >= 0.3 is 0 Å². The molecule has 10 heteroatoms.